The number of allylic oxidation sites excluding steroid dienone is 2. The van der Waals surface area contributed by atoms with Crippen molar-refractivity contribution in [1.29, 1.82) is 0 Å². The summed E-state index contributed by atoms with van der Waals surface area (Å²) in [4.78, 5) is 19.8. The van der Waals surface area contributed by atoms with Crippen LogP contribution in [0.2, 0.25) is 0 Å². The van der Waals surface area contributed by atoms with Crippen molar-refractivity contribution in [2.45, 2.75) is 0 Å². The highest BCUT2D eigenvalue weighted by Gasteiger charge is 2.33. The first-order valence-electron chi connectivity index (χ1n) is 8.89. The maximum atomic E-state index is 13.6. The Hall–Kier alpha value is -3.02. The van der Waals surface area contributed by atoms with E-state index in [0.29, 0.717) is 24.6 Å². The van der Waals surface area contributed by atoms with Gasteiger partial charge in [-0.3, -0.25) is 4.79 Å². The number of nitrogens with zero attached hydrogens (tertiary/aromatic N) is 3. The Labute approximate surface area is 156 Å². The Morgan fingerprint density at radius 3 is 2.81 bits per heavy atom. The minimum atomic E-state index is -0.650. The molecule has 3 heterocycles. The molecule has 2 aromatic rings. The third kappa shape index (κ3) is 3.74. The summed E-state index contributed by atoms with van der Waals surface area (Å²) in [5, 5.41) is 0. The van der Waals surface area contributed by atoms with E-state index in [1.165, 1.54) is 24.4 Å². The van der Waals surface area contributed by atoms with E-state index in [-0.39, 0.29) is 11.7 Å². The molecule has 1 aromatic heterocycles. The summed E-state index contributed by atoms with van der Waals surface area (Å²) >= 11 is 0. The SMILES string of the molecule is O=C(c1ccnc(F)c1)N1CC(CN2CC=CC=C2c2cccc(F)c2)C1. The standard InChI is InChI=1S/C21H19F2N3O/c22-18-5-3-4-16(10-18)19-6-1-2-9-25(19)12-15-13-26(14-15)21(27)17-7-8-24-20(23)11-17/h1-8,10-11,15H,9,12-14H2. The number of amides is 1. The molecule has 0 atom stereocenters. The highest BCUT2D eigenvalue weighted by molar-refractivity contribution is 5.94. The summed E-state index contributed by atoms with van der Waals surface area (Å²) in [5.41, 5.74) is 2.15. The van der Waals surface area contributed by atoms with Gasteiger partial charge in [-0.1, -0.05) is 24.3 Å². The van der Waals surface area contributed by atoms with Gasteiger partial charge >= 0.3 is 0 Å². The molecule has 0 unspecified atom stereocenters. The van der Waals surface area contributed by atoms with Gasteiger partial charge < -0.3 is 9.80 Å². The molecule has 0 bridgehead atoms. The minimum absolute atomic E-state index is 0.174. The summed E-state index contributed by atoms with van der Waals surface area (Å²) < 4.78 is 26.8. The largest absolute Gasteiger partial charge is 0.367 e. The Kier molecular flexibility index (Phi) is 4.71. The van der Waals surface area contributed by atoms with E-state index in [0.717, 1.165) is 30.4 Å². The summed E-state index contributed by atoms with van der Waals surface area (Å²) in [6.07, 6.45) is 7.32. The number of carbonyl (C=O) groups excluding carboxylic acids is 1. The van der Waals surface area contributed by atoms with Crippen molar-refractivity contribution in [2.24, 2.45) is 5.92 Å². The van der Waals surface area contributed by atoms with Gasteiger partial charge in [-0.25, -0.2) is 9.37 Å². The second-order valence-corrected chi connectivity index (χ2v) is 6.84. The molecule has 0 N–H and O–H groups in total. The average Bonchev–Trinajstić information content (AvgIpc) is 2.64. The van der Waals surface area contributed by atoms with Crippen LogP contribution in [-0.4, -0.2) is 46.9 Å². The molecular formula is C21H19F2N3O. The van der Waals surface area contributed by atoms with Crippen LogP contribution < -0.4 is 0 Å². The fourth-order valence-electron chi connectivity index (χ4n) is 3.53. The van der Waals surface area contributed by atoms with E-state index in [1.807, 2.05) is 18.2 Å². The quantitative estimate of drug-likeness (QED) is 0.778. The lowest BCUT2D eigenvalue weighted by Crippen LogP contribution is -2.53. The summed E-state index contributed by atoms with van der Waals surface area (Å²) in [6, 6.07) is 9.26. The van der Waals surface area contributed by atoms with Gasteiger partial charge in [0.2, 0.25) is 5.95 Å². The van der Waals surface area contributed by atoms with Gasteiger partial charge in [-0.05, 0) is 24.3 Å². The maximum absolute atomic E-state index is 13.6. The van der Waals surface area contributed by atoms with Crippen LogP contribution in [0.5, 0.6) is 0 Å². The average molecular weight is 367 g/mol. The van der Waals surface area contributed by atoms with Crippen molar-refractivity contribution in [3.8, 4) is 0 Å². The maximum Gasteiger partial charge on any atom is 0.254 e. The van der Waals surface area contributed by atoms with Crippen molar-refractivity contribution >= 4 is 11.6 Å². The van der Waals surface area contributed by atoms with Crippen LogP contribution in [-0.2, 0) is 0 Å². The van der Waals surface area contributed by atoms with Gasteiger partial charge in [0.1, 0.15) is 5.82 Å². The monoisotopic (exact) mass is 367 g/mol. The summed E-state index contributed by atoms with van der Waals surface area (Å²) in [7, 11) is 0. The third-order valence-electron chi connectivity index (χ3n) is 4.87. The smallest absolute Gasteiger partial charge is 0.254 e. The molecule has 1 saturated heterocycles. The van der Waals surface area contributed by atoms with Gasteiger partial charge in [0, 0.05) is 61.2 Å². The number of hydrogen-bond donors (Lipinski definition) is 0. The zero-order valence-electron chi connectivity index (χ0n) is 14.7. The lowest BCUT2D eigenvalue weighted by Gasteiger charge is -2.43. The predicted octanol–water partition coefficient (Wildman–Crippen LogP) is 3.34. The summed E-state index contributed by atoms with van der Waals surface area (Å²) in [5.74, 6) is -0.758. The minimum Gasteiger partial charge on any atom is -0.367 e. The zero-order chi connectivity index (χ0) is 18.8. The van der Waals surface area contributed by atoms with E-state index in [4.69, 9.17) is 0 Å². The zero-order valence-corrected chi connectivity index (χ0v) is 14.7. The number of halogens is 2. The number of carbonyl (C=O) groups is 1. The topological polar surface area (TPSA) is 36.4 Å². The molecule has 1 fully saturated rings. The number of hydrogen-bond acceptors (Lipinski definition) is 3. The van der Waals surface area contributed by atoms with Crippen molar-refractivity contribution in [1.82, 2.24) is 14.8 Å². The van der Waals surface area contributed by atoms with Crippen LogP contribution in [0.3, 0.4) is 0 Å². The normalized spacial score (nSPS) is 16.9. The molecule has 1 aromatic carbocycles. The molecule has 6 heteroatoms. The molecule has 0 spiro atoms. The molecule has 2 aliphatic rings. The van der Waals surface area contributed by atoms with Crippen LogP contribution in [0, 0.1) is 17.7 Å². The van der Waals surface area contributed by atoms with Gasteiger partial charge in [-0.15, -0.1) is 0 Å². The third-order valence-corrected chi connectivity index (χ3v) is 4.87. The van der Waals surface area contributed by atoms with E-state index < -0.39 is 5.95 Å². The molecule has 4 nitrogen and oxygen atoms in total. The number of benzene rings is 1. The van der Waals surface area contributed by atoms with Crippen molar-refractivity contribution < 1.29 is 13.6 Å². The molecular weight excluding hydrogens is 348 g/mol. The fourth-order valence-corrected chi connectivity index (χ4v) is 3.53. The molecule has 0 saturated carbocycles. The molecule has 138 valence electrons. The van der Waals surface area contributed by atoms with Crippen molar-refractivity contribution in [2.75, 3.05) is 26.2 Å². The first kappa shape index (κ1) is 17.4. The van der Waals surface area contributed by atoms with Crippen LogP contribution in [0.4, 0.5) is 8.78 Å². The second kappa shape index (κ2) is 7.31. The second-order valence-electron chi connectivity index (χ2n) is 6.84. The number of pyridine rings is 1. The first-order chi connectivity index (χ1) is 13.1. The molecule has 2 aliphatic heterocycles. The van der Waals surface area contributed by atoms with Crippen LogP contribution >= 0.6 is 0 Å². The van der Waals surface area contributed by atoms with Crippen molar-refractivity contribution in [3.05, 3.63) is 83.7 Å². The van der Waals surface area contributed by atoms with E-state index in [9.17, 15) is 13.6 Å². The summed E-state index contributed by atoms with van der Waals surface area (Å²) in [6.45, 7) is 2.78. The number of likely N-dealkylation sites (tertiary alicyclic amines) is 1. The molecule has 4 rings (SSSR count). The predicted molar refractivity (Wildman–Crippen MR) is 98.7 cm³/mol. The Bertz CT molecular complexity index is 919. The highest BCUT2D eigenvalue weighted by Crippen LogP contribution is 2.27. The number of aromatic nitrogens is 1. The van der Waals surface area contributed by atoms with Gasteiger partial charge in [0.05, 0.1) is 0 Å². The fraction of sp³-hybridized carbons (Fsp3) is 0.238. The lowest BCUT2D eigenvalue weighted by atomic mass is 9.96. The van der Waals surface area contributed by atoms with Crippen molar-refractivity contribution in [3.63, 3.8) is 0 Å². The lowest BCUT2D eigenvalue weighted by molar-refractivity contribution is 0.0458. The Morgan fingerprint density at radius 2 is 2.04 bits per heavy atom. The first-order valence-corrected chi connectivity index (χ1v) is 8.89. The van der Waals surface area contributed by atoms with E-state index >= 15 is 0 Å². The molecule has 0 aliphatic carbocycles. The Morgan fingerprint density at radius 1 is 1.19 bits per heavy atom. The Balaban J connectivity index is 1.38. The van der Waals surface area contributed by atoms with Crippen LogP contribution in [0.25, 0.3) is 5.70 Å². The van der Waals surface area contributed by atoms with E-state index in [1.54, 1.807) is 11.0 Å². The van der Waals surface area contributed by atoms with Gasteiger partial charge in [-0.2, -0.15) is 4.39 Å². The van der Waals surface area contributed by atoms with Gasteiger partial charge in [0.25, 0.3) is 5.91 Å². The van der Waals surface area contributed by atoms with Crippen LogP contribution in [0.15, 0.2) is 60.8 Å². The van der Waals surface area contributed by atoms with E-state index in [2.05, 4.69) is 16.0 Å². The number of rotatable bonds is 4. The van der Waals surface area contributed by atoms with Crippen LogP contribution in [0.1, 0.15) is 15.9 Å². The van der Waals surface area contributed by atoms with Gasteiger partial charge in [0.15, 0.2) is 0 Å². The molecule has 0 radical (unpaired) electrons. The molecule has 27 heavy (non-hydrogen) atoms. The molecule has 1 amide bonds. The highest BCUT2D eigenvalue weighted by atomic mass is 19.1.